The highest BCUT2D eigenvalue weighted by Gasteiger charge is 2.11. The van der Waals surface area contributed by atoms with Gasteiger partial charge in [-0.25, -0.2) is 0 Å². The molecule has 0 bridgehead atoms. The quantitative estimate of drug-likeness (QED) is 0.779. The molecule has 0 aromatic carbocycles. The van der Waals surface area contributed by atoms with Gasteiger partial charge in [0, 0.05) is 18.0 Å². The molecule has 88 valence electrons. The number of allylic oxidation sites excluding steroid dienone is 1. The minimum absolute atomic E-state index is 0.515. The van der Waals surface area contributed by atoms with Crippen molar-refractivity contribution in [2.45, 2.75) is 13.8 Å². The van der Waals surface area contributed by atoms with Gasteiger partial charge in [0.2, 0.25) is 0 Å². The van der Waals surface area contributed by atoms with E-state index in [-0.39, 0.29) is 0 Å². The van der Waals surface area contributed by atoms with E-state index >= 15 is 0 Å². The van der Waals surface area contributed by atoms with Gasteiger partial charge in [0.05, 0.1) is 11.7 Å². The zero-order chi connectivity index (χ0) is 12.1. The average Bonchev–Trinajstić information content (AvgIpc) is 2.78. The van der Waals surface area contributed by atoms with Gasteiger partial charge >= 0.3 is 0 Å². The summed E-state index contributed by atoms with van der Waals surface area (Å²) in [6.07, 6.45) is 5.49. The van der Waals surface area contributed by atoms with E-state index in [4.69, 9.17) is 4.74 Å². The van der Waals surface area contributed by atoms with Gasteiger partial charge in [-0.05, 0) is 32.1 Å². The third-order valence-electron chi connectivity index (χ3n) is 2.11. The van der Waals surface area contributed by atoms with E-state index in [9.17, 15) is 0 Å². The second-order valence-corrected chi connectivity index (χ2v) is 4.28. The zero-order valence-corrected chi connectivity index (χ0v) is 10.6. The molecule has 0 spiro atoms. The van der Waals surface area contributed by atoms with Crippen molar-refractivity contribution in [3.63, 3.8) is 0 Å². The Morgan fingerprint density at radius 2 is 2.29 bits per heavy atom. The van der Waals surface area contributed by atoms with Gasteiger partial charge < -0.3 is 4.74 Å². The highest BCUT2D eigenvalue weighted by molar-refractivity contribution is 6.99. The van der Waals surface area contributed by atoms with E-state index in [1.807, 2.05) is 32.1 Å². The molecule has 0 aliphatic rings. The van der Waals surface area contributed by atoms with Crippen LogP contribution in [0.15, 0.2) is 36.2 Å². The van der Waals surface area contributed by atoms with Crippen molar-refractivity contribution in [3.8, 4) is 17.1 Å². The normalized spacial score (nSPS) is 10.0. The predicted octanol–water partition coefficient (Wildman–Crippen LogP) is 2.95. The monoisotopic (exact) mass is 247 g/mol. The maximum absolute atomic E-state index is 5.58. The van der Waals surface area contributed by atoms with E-state index in [1.54, 1.807) is 12.4 Å². The zero-order valence-electron chi connectivity index (χ0n) is 9.75. The Kier molecular flexibility index (Phi) is 3.82. The Morgan fingerprint density at radius 3 is 3.00 bits per heavy atom. The fourth-order valence-electron chi connectivity index (χ4n) is 1.24. The van der Waals surface area contributed by atoms with Gasteiger partial charge in [-0.15, -0.1) is 4.37 Å². The molecule has 0 saturated heterocycles. The maximum atomic E-state index is 5.58. The summed E-state index contributed by atoms with van der Waals surface area (Å²) in [5.41, 5.74) is 2.90. The highest BCUT2D eigenvalue weighted by Crippen LogP contribution is 2.26. The van der Waals surface area contributed by atoms with E-state index in [0.717, 1.165) is 23.0 Å². The van der Waals surface area contributed by atoms with Crippen LogP contribution in [0.3, 0.4) is 0 Å². The van der Waals surface area contributed by atoms with Crippen molar-refractivity contribution >= 4 is 11.7 Å². The fraction of sp³-hybridized carbons (Fsp3) is 0.250. The molecule has 0 atom stereocenters. The van der Waals surface area contributed by atoms with Crippen molar-refractivity contribution in [2.24, 2.45) is 0 Å². The molecular weight excluding hydrogens is 234 g/mol. The number of pyridine rings is 1. The maximum Gasteiger partial charge on any atom is 0.254 e. The molecule has 0 radical (unpaired) electrons. The highest BCUT2D eigenvalue weighted by atomic mass is 32.1. The Bertz CT molecular complexity index is 503. The molecule has 2 heterocycles. The molecule has 4 nitrogen and oxygen atoms in total. The van der Waals surface area contributed by atoms with Crippen LogP contribution in [0.1, 0.15) is 13.8 Å². The first kappa shape index (κ1) is 11.7. The lowest BCUT2D eigenvalue weighted by atomic mass is 10.2. The Morgan fingerprint density at radius 1 is 1.41 bits per heavy atom. The van der Waals surface area contributed by atoms with Crippen LogP contribution in [0, 0.1) is 0 Å². The molecule has 17 heavy (non-hydrogen) atoms. The van der Waals surface area contributed by atoms with E-state index in [1.165, 1.54) is 5.57 Å². The third kappa shape index (κ3) is 3.10. The van der Waals surface area contributed by atoms with Crippen LogP contribution in [-0.4, -0.2) is 20.3 Å². The molecule has 0 N–H and O–H groups in total. The van der Waals surface area contributed by atoms with Crippen LogP contribution in [0.25, 0.3) is 11.3 Å². The van der Waals surface area contributed by atoms with Gasteiger partial charge in [-0.3, -0.25) is 4.98 Å². The van der Waals surface area contributed by atoms with Gasteiger partial charge in [-0.2, -0.15) is 4.37 Å². The molecule has 2 aromatic heterocycles. The minimum atomic E-state index is 0.515. The molecule has 0 saturated carbocycles. The summed E-state index contributed by atoms with van der Waals surface area (Å²) in [5.74, 6) is 0.570. The molecular formula is C12H13N3OS. The van der Waals surface area contributed by atoms with Crippen molar-refractivity contribution in [2.75, 3.05) is 6.61 Å². The second kappa shape index (κ2) is 5.54. The summed E-state index contributed by atoms with van der Waals surface area (Å²) in [5, 5.41) is 0. The van der Waals surface area contributed by atoms with Crippen LogP contribution in [0.4, 0.5) is 0 Å². The van der Waals surface area contributed by atoms with Gasteiger partial charge in [0.1, 0.15) is 12.3 Å². The second-order valence-electron chi connectivity index (χ2n) is 3.75. The van der Waals surface area contributed by atoms with Gasteiger partial charge in [0.25, 0.3) is 5.88 Å². The van der Waals surface area contributed by atoms with Crippen LogP contribution in [0.5, 0.6) is 5.88 Å². The molecule has 0 aliphatic carbocycles. The van der Waals surface area contributed by atoms with Crippen molar-refractivity contribution < 1.29 is 4.74 Å². The van der Waals surface area contributed by atoms with E-state index in [0.29, 0.717) is 12.5 Å². The van der Waals surface area contributed by atoms with Gasteiger partial charge in [0.15, 0.2) is 0 Å². The molecule has 0 amide bonds. The number of aromatic nitrogens is 3. The van der Waals surface area contributed by atoms with E-state index < -0.39 is 0 Å². The van der Waals surface area contributed by atoms with Crippen LogP contribution < -0.4 is 4.74 Å². The van der Waals surface area contributed by atoms with Crippen molar-refractivity contribution in [1.82, 2.24) is 13.7 Å². The van der Waals surface area contributed by atoms with Crippen LogP contribution in [0.2, 0.25) is 0 Å². The van der Waals surface area contributed by atoms with Crippen LogP contribution >= 0.6 is 11.7 Å². The third-order valence-corrected chi connectivity index (χ3v) is 2.62. The lowest BCUT2D eigenvalue weighted by Gasteiger charge is -2.01. The van der Waals surface area contributed by atoms with Crippen LogP contribution in [-0.2, 0) is 0 Å². The van der Waals surface area contributed by atoms with Gasteiger partial charge in [-0.1, -0.05) is 5.57 Å². The Balaban J connectivity index is 2.15. The molecule has 2 rings (SSSR count). The smallest absolute Gasteiger partial charge is 0.254 e. The summed E-state index contributed by atoms with van der Waals surface area (Å²) >= 11 is 1.15. The number of nitrogens with zero attached hydrogens (tertiary/aromatic N) is 3. The first-order valence-electron chi connectivity index (χ1n) is 5.26. The first-order chi connectivity index (χ1) is 8.27. The summed E-state index contributed by atoms with van der Waals surface area (Å²) in [4.78, 5) is 4.06. The SMILES string of the molecule is CC(C)=CCOc1nsnc1-c1cccnc1. The number of hydrogen-bond acceptors (Lipinski definition) is 5. The lowest BCUT2D eigenvalue weighted by Crippen LogP contribution is -1.96. The fourth-order valence-corrected chi connectivity index (χ4v) is 1.76. The lowest BCUT2D eigenvalue weighted by molar-refractivity contribution is 0.352. The summed E-state index contributed by atoms with van der Waals surface area (Å²) in [7, 11) is 0. The van der Waals surface area contributed by atoms with E-state index in [2.05, 4.69) is 13.7 Å². The molecule has 5 heteroatoms. The largest absolute Gasteiger partial charge is 0.471 e. The topological polar surface area (TPSA) is 47.9 Å². The number of ether oxygens (including phenoxy) is 1. The molecule has 2 aromatic rings. The first-order valence-corrected chi connectivity index (χ1v) is 5.99. The summed E-state index contributed by atoms with van der Waals surface area (Å²) < 4.78 is 13.9. The molecule has 0 aliphatic heterocycles. The Labute approximate surface area is 104 Å². The number of hydrogen-bond donors (Lipinski definition) is 0. The van der Waals surface area contributed by atoms with Crippen molar-refractivity contribution in [1.29, 1.82) is 0 Å². The number of rotatable bonds is 4. The standard InChI is InChI=1S/C12H13N3OS/c1-9(2)5-7-16-12-11(14-17-15-12)10-4-3-6-13-8-10/h3-6,8H,7H2,1-2H3. The molecule has 0 unspecified atom stereocenters. The predicted molar refractivity (Wildman–Crippen MR) is 68.1 cm³/mol. The summed E-state index contributed by atoms with van der Waals surface area (Å²) in [6, 6.07) is 3.81. The van der Waals surface area contributed by atoms with Crippen molar-refractivity contribution in [3.05, 3.63) is 36.2 Å². The Hall–Kier alpha value is -1.75. The molecule has 0 fully saturated rings. The minimum Gasteiger partial charge on any atom is -0.471 e. The average molecular weight is 247 g/mol. The summed E-state index contributed by atoms with van der Waals surface area (Å²) in [6.45, 7) is 4.58.